The molecule has 0 spiro atoms. The third-order valence-electron chi connectivity index (χ3n) is 10.3. The van der Waals surface area contributed by atoms with Crippen molar-refractivity contribution < 1.29 is 29.4 Å². The van der Waals surface area contributed by atoms with Gasteiger partial charge in [0.1, 0.15) is 11.6 Å². The van der Waals surface area contributed by atoms with E-state index in [0.29, 0.717) is 36.3 Å². The van der Waals surface area contributed by atoms with Crippen LogP contribution in [-0.2, 0) is 19.2 Å². The van der Waals surface area contributed by atoms with Gasteiger partial charge in [-0.1, -0.05) is 24.6 Å². The zero-order valence-electron chi connectivity index (χ0n) is 22.5. The molecule has 8 nitrogen and oxygen atoms in total. The van der Waals surface area contributed by atoms with Crippen molar-refractivity contribution in [2.45, 2.75) is 90.2 Å². The Kier molecular flexibility index (Phi) is 8.15. The minimum atomic E-state index is -1.19. The number of allylic oxidation sites excluding steroid dienone is 2. The highest BCUT2D eigenvalue weighted by Gasteiger charge is 2.65. The van der Waals surface area contributed by atoms with Crippen LogP contribution in [0.4, 0.5) is 0 Å². The number of ketones is 1. The molecule has 0 unspecified atom stereocenters. The van der Waals surface area contributed by atoms with Gasteiger partial charge in [-0.15, -0.1) is 0 Å². The molecule has 0 radical (unpaired) electrons. The number of fused-ring (bicyclic) bond motifs is 5. The van der Waals surface area contributed by atoms with E-state index in [9.17, 15) is 24.6 Å². The molecule has 3 saturated carbocycles. The van der Waals surface area contributed by atoms with Gasteiger partial charge in [-0.25, -0.2) is 4.79 Å². The SMILES string of the molecule is CSCC[C@H](NC(=O)CO/N=C1\C=C2CC[C@@H]3[C@H](CC[C@@]4(C)[C@H]3CC[C@]4(O)C(C)=O)[C@@]2(C)CC1)C(=O)O. The van der Waals surface area contributed by atoms with E-state index in [1.165, 1.54) is 17.3 Å². The maximum Gasteiger partial charge on any atom is 0.326 e. The fourth-order valence-corrected chi connectivity index (χ4v) is 8.61. The number of hydrogen-bond donors (Lipinski definition) is 3. The Bertz CT molecular complexity index is 997. The summed E-state index contributed by atoms with van der Waals surface area (Å²) in [6.45, 7) is 5.76. The highest BCUT2D eigenvalue weighted by molar-refractivity contribution is 7.98. The zero-order valence-corrected chi connectivity index (χ0v) is 23.4. The number of amides is 1. The van der Waals surface area contributed by atoms with Crippen molar-refractivity contribution in [3.05, 3.63) is 11.6 Å². The number of rotatable bonds is 9. The predicted molar refractivity (Wildman–Crippen MR) is 143 cm³/mol. The van der Waals surface area contributed by atoms with E-state index < -0.39 is 23.5 Å². The second-order valence-electron chi connectivity index (χ2n) is 12.0. The lowest BCUT2D eigenvalue weighted by Crippen LogP contribution is -2.57. The van der Waals surface area contributed by atoms with Crippen LogP contribution in [0, 0.1) is 28.6 Å². The molecule has 4 aliphatic carbocycles. The number of carbonyl (C=O) groups is 3. The first-order valence-electron chi connectivity index (χ1n) is 13.6. The summed E-state index contributed by atoms with van der Waals surface area (Å²) in [4.78, 5) is 41.3. The number of oxime groups is 1. The number of carboxylic acids is 1. The number of carbonyl (C=O) groups excluding carboxylic acids is 2. The van der Waals surface area contributed by atoms with Gasteiger partial charge in [-0.2, -0.15) is 11.8 Å². The molecule has 0 saturated heterocycles. The van der Waals surface area contributed by atoms with Crippen LogP contribution >= 0.6 is 11.8 Å². The third-order valence-corrected chi connectivity index (χ3v) is 11.0. The van der Waals surface area contributed by atoms with E-state index in [1.54, 1.807) is 6.92 Å². The van der Waals surface area contributed by atoms with E-state index in [4.69, 9.17) is 4.84 Å². The molecule has 3 N–H and O–H groups in total. The predicted octanol–water partition coefficient (Wildman–Crippen LogP) is 3.96. The average molecular weight is 535 g/mol. The Morgan fingerprint density at radius 3 is 2.57 bits per heavy atom. The van der Waals surface area contributed by atoms with E-state index in [2.05, 4.69) is 30.4 Å². The monoisotopic (exact) mass is 534 g/mol. The number of thioether (sulfide) groups is 1. The Morgan fingerprint density at radius 1 is 1.16 bits per heavy atom. The van der Waals surface area contributed by atoms with Gasteiger partial charge in [0.15, 0.2) is 12.4 Å². The van der Waals surface area contributed by atoms with Crippen LogP contribution in [0.2, 0.25) is 0 Å². The van der Waals surface area contributed by atoms with Crippen LogP contribution in [0.25, 0.3) is 0 Å². The summed E-state index contributed by atoms with van der Waals surface area (Å²) < 4.78 is 0. The normalized spacial score (nSPS) is 38.6. The summed E-state index contributed by atoms with van der Waals surface area (Å²) in [5, 5.41) is 27.3. The number of aliphatic carboxylic acids is 1. The zero-order chi connectivity index (χ0) is 27.0. The first kappa shape index (κ1) is 28.1. The lowest BCUT2D eigenvalue weighted by atomic mass is 9.46. The Labute approximate surface area is 224 Å². The molecule has 9 heteroatoms. The molecule has 4 aliphatic rings. The Balaban J connectivity index is 1.39. The molecular formula is C28H42N2O6S. The molecule has 0 aromatic carbocycles. The molecule has 0 aliphatic heterocycles. The first-order valence-corrected chi connectivity index (χ1v) is 15.0. The van der Waals surface area contributed by atoms with Crippen LogP contribution in [0.5, 0.6) is 0 Å². The quantitative estimate of drug-likeness (QED) is 0.382. The minimum absolute atomic E-state index is 0.0730. The van der Waals surface area contributed by atoms with Crippen molar-refractivity contribution in [2.24, 2.45) is 33.7 Å². The number of hydrogen-bond acceptors (Lipinski definition) is 7. The third kappa shape index (κ3) is 4.98. The van der Waals surface area contributed by atoms with Gasteiger partial charge in [-0.3, -0.25) is 9.59 Å². The van der Waals surface area contributed by atoms with Crippen molar-refractivity contribution in [2.75, 3.05) is 18.6 Å². The molecule has 0 aromatic rings. The number of Topliss-reactive ketones (excluding diaryl/α,β-unsaturated/α-hetero) is 1. The number of carboxylic acid groups (broad SMARTS) is 1. The summed E-state index contributed by atoms with van der Waals surface area (Å²) >= 11 is 1.53. The van der Waals surface area contributed by atoms with E-state index >= 15 is 0 Å². The summed E-state index contributed by atoms with van der Waals surface area (Å²) in [5.74, 6) is 0.450. The fraction of sp³-hybridized carbons (Fsp3) is 0.786. The van der Waals surface area contributed by atoms with Gasteiger partial charge >= 0.3 is 5.97 Å². The van der Waals surface area contributed by atoms with Crippen molar-refractivity contribution in [3.63, 3.8) is 0 Å². The number of aliphatic hydroxyl groups is 1. The van der Waals surface area contributed by atoms with Crippen LogP contribution in [-0.4, -0.2) is 63.8 Å². The molecule has 0 heterocycles. The molecule has 37 heavy (non-hydrogen) atoms. The summed E-state index contributed by atoms with van der Waals surface area (Å²) in [5.41, 5.74) is 0.766. The van der Waals surface area contributed by atoms with Crippen molar-refractivity contribution in [1.82, 2.24) is 5.32 Å². The minimum Gasteiger partial charge on any atom is -0.480 e. The van der Waals surface area contributed by atoms with Crippen molar-refractivity contribution >= 4 is 35.1 Å². The first-order chi connectivity index (χ1) is 17.5. The van der Waals surface area contributed by atoms with E-state index in [-0.39, 0.29) is 23.2 Å². The number of nitrogens with one attached hydrogen (secondary N) is 1. The van der Waals surface area contributed by atoms with Crippen LogP contribution in [0.3, 0.4) is 0 Å². The summed E-state index contributed by atoms with van der Waals surface area (Å²) in [7, 11) is 0. The lowest BCUT2D eigenvalue weighted by molar-refractivity contribution is -0.159. The van der Waals surface area contributed by atoms with Gasteiger partial charge in [0.2, 0.25) is 0 Å². The second kappa shape index (κ2) is 10.7. The molecular weight excluding hydrogens is 492 g/mol. The topological polar surface area (TPSA) is 125 Å². The van der Waals surface area contributed by atoms with Crippen LogP contribution in [0.15, 0.2) is 16.8 Å². The maximum atomic E-state index is 12.4. The summed E-state index contributed by atoms with van der Waals surface area (Å²) in [6, 6.07) is -0.924. The molecule has 206 valence electrons. The largest absolute Gasteiger partial charge is 0.480 e. The van der Waals surface area contributed by atoms with Gasteiger partial charge in [0.05, 0.1) is 5.71 Å². The molecule has 4 rings (SSSR count). The average Bonchev–Trinajstić information content (AvgIpc) is 3.13. The Morgan fingerprint density at radius 2 is 1.89 bits per heavy atom. The van der Waals surface area contributed by atoms with E-state index in [1.807, 2.05) is 6.26 Å². The second-order valence-corrected chi connectivity index (χ2v) is 13.0. The Hall–Kier alpha value is -1.87. The summed E-state index contributed by atoms with van der Waals surface area (Å²) in [6.07, 6.45) is 11.6. The fourth-order valence-electron chi connectivity index (χ4n) is 8.14. The molecule has 7 atom stereocenters. The van der Waals surface area contributed by atoms with Gasteiger partial charge in [-0.05, 0) is 106 Å². The smallest absolute Gasteiger partial charge is 0.326 e. The standard InChI is InChI=1S/C28H42N2O6S/c1-17(31)28(35)13-9-22-20-6-5-18-15-19(7-11-26(18,2)21(20)8-12-27(22,28)3)30-36-16-24(32)29-23(25(33)34)10-14-37-4/h15,20-23,35H,5-14,16H2,1-4H3,(H,29,32)(H,33,34)/b30-19-/t20-,21+,22+,23+,26+,27+,28+/m1/s1. The lowest BCUT2D eigenvalue weighted by Gasteiger charge is -2.59. The number of nitrogens with zero attached hydrogens (tertiary/aromatic N) is 1. The van der Waals surface area contributed by atoms with Crippen LogP contribution < -0.4 is 5.32 Å². The van der Waals surface area contributed by atoms with Crippen LogP contribution in [0.1, 0.15) is 78.6 Å². The highest BCUT2D eigenvalue weighted by Crippen LogP contribution is 2.67. The van der Waals surface area contributed by atoms with E-state index in [0.717, 1.165) is 50.7 Å². The molecule has 0 bridgehead atoms. The molecule has 1 amide bonds. The molecule has 3 fully saturated rings. The molecule has 0 aromatic heterocycles. The highest BCUT2D eigenvalue weighted by atomic mass is 32.2. The van der Waals surface area contributed by atoms with Gasteiger partial charge in [0.25, 0.3) is 5.91 Å². The van der Waals surface area contributed by atoms with Crippen molar-refractivity contribution in [1.29, 1.82) is 0 Å². The van der Waals surface area contributed by atoms with Gasteiger partial charge < -0.3 is 20.4 Å². The maximum absolute atomic E-state index is 12.4. The van der Waals surface area contributed by atoms with Crippen molar-refractivity contribution in [3.8, 4) is 0 Å². The van der Waals surface area contributed by atoms with Gasteiger partial charge in [0, 0.05) is 5.41 Å².